The average Bonchev–Trinajstić information content (AvgIpc) is 2.68. The SMILES string of the molecule is O=C(NNc1cccc(-c2ccncc2)c1)Nc1ccc(Cl)c(C(F)(F)F)c1. The van der Waals surface area contributed by atoms with Gasteiger partial charge in [0.05, 0.1) is 16.3 Å². The van der Waals surface area contributed by atoms with E-state index in [9.17, 15) is 18.0 Å². The summed E-state index contributed by atoms with van der Waals surface area (Å²) in [6.45, 7) is 0. The second-order valence-electron chi connectivity index (χ2n) is 5.71. The highest BCUT2D eigenvalue weighted by atomic mass is 35.5. The molecule has 2 amide bonds. The first-order chi connectivity index (χ1) is 13.3. The molecule has 3 rings (SSSR count). The molecule has 0 radical (unpaired) electrons. The van der Waals surface area contributed by atoms with Crippen molar-refractivity contribution in [2.45, 2.75) is 6.18 Å². The molecule has 144 valence electrons. The van der Waals surface area contributed by atoms with E-state index in [-0.39, 0.29) is 5.69 Å². The molecular weight excluding hydrogens is 393 g/mol. The van der Waals surface area contributed by atoms with Crippen LogP contribution in [0.2, 0.25) is 5.02 Å². The van der Waals surface area contributed by atoms with E-state index in [1.54, 1.807) is 30.6 Å². The minimum Gasteiger partial charge on any atom is -0.307 e. The minimum absolute atomic E-state index is 0.0402. The second kappa shape index (κ2) is 8.18. The normalized spacial score (nSPS) is 11.0. The van der Waals surface area contributed by atoms with Crippen LogP contribution in [-0.2, 0) is 6.18 Å². The molecule has 0 saturated carbocycles. The van der Waals surface area contributed by atoms with E-state index < -0.39 is 22.8 Å². The van der Waals surface area contributed by atoms with Gasteiger partial charge in [-0.3, -0.25) is 15.8 Å². The van der Waals surface area contributed by atoms with E-state index >= 15 is 0 Å². The van der Waals surface area contributed by atoms with Crippen LogP contribution >= 0.6 is 11.6 Å². The molecule has 2 aromatic carbocycles. The summed E-state index contributed by atoms with van der Waals surface area (Å²) in [5.74, 6) is 0. The number of hydrazine groups is 1. The predicted molar refractivity (Wildman–Crippen MR) is 102 cm³/mol. The highest BCUT2D eigenvalue weighted by Gasteiger charge is 2.33. The Morgan fingerprint density at radius 1 is 0.929 bits per heavy atom. The molecule has 0 fully saturated rings. The number of aromatic nitrogens is 1. The van der Waals surface area contributed by atoms with Crippen LogP contribution in [0.1, 0.15) is 5.56 Å². The summed E-state index contributed by atoms with van der Waals surface area (Å²) in [5.41, 5.74) is 6.46. The minimum atomic E-state index is -4.61. The van der Waals surface area contributed by atoms with Gasteiger partial charge in [0.2, 0.25) is 0 Å². The summed E-state index contributed by atoms with van der Waals surface area (Å²) >= 11 is 5.56. The number of pyridine rings is 1. The number of alkyl halides is 3. The Kier molecular flexibility index (Phi) is 5.70. The average molecular weight is 407 g/mol. The number of hydrogen-bond donors (Lipinski definition) is 3. The number of halogens is 4. The Morgan fingerprint density at radius 2 is 1.68 bits per heavy atom. The zero-order valence-electron chi connectivity index (χ0n) is 14.2. The topological polar surface area (TPSA) is 66.0 Å². The molecule has 0 aliphatic rings. The lowest BCUT2D eigenvalue weighted by Crippen LogP contribution is -2.33. The maximum absolute atomic E-state index is 12.9. The van der Waals surface area contributed by atoms with Gasteiger partial charge in [-0.2, -0.15) is 13.2 Å². The standard InChI is InChI=1S/C19H14ClF3N4O/c20-17-5-4-14(11-16(17)19(21,22)23)25-18(28)27-26-15-3-1-2-13(10-15)12-6-8-24-9-7-12/h1-11,26H,(H2,25,27,28). The third-order valence-electron chi connectivity index (χ3n) is 3.73. The van der Waals surface area contributed by atoms with E-state index in [2.05, 4.69) is 21.2 Å². The number of nitrogens with zero attached hydrogens (tertiary/aromatic N) is 1. The monoisotopic (exact) mass is 406 g/mol. The van der Waals surface area contributed by atoms with E-state index in [4.69, 9.17) is 11.6 Å². The van der Waals surface area contributed by atoms with Crippen molar-refractivity contribution in [2.75, 3.05) is 10.7 Å². The van der Waals surface area contributed by atoms with E-state index in [1.807, 2.05) is 18.2 Å². The number of urea groups is 1. The molecular formula is C19H14ClF3N4O. The Labute approximate surface area is 163 Å². The molecule has 3 aromatic rings. The van der Waals surface area contributed by atoms with E-state index in [1.165, 1.54) is 6.07 Å². The molecule has 28 heavy (non-hydrogen) atoms. The Balaban J connectivity index is 1.64. The zero-order valence-corrected chi connectivity index (χ0v) is 15.0. The van der Waals surface area contributed by atoms with Gasteiger partial charge in [0, 0.05) is 18.1 Å². The number of benzene rings is 2. The zero-order chi connectivity index (χ0) is 20.1. The number of carbonyl (C=O) groups is 1. The quantitative estimate of drug-likeness (QED) is 0.496. The van der Waals surface area contributed by atoms with Gasteiger partial charge in [-0.25, -0.2) is 4.79 Å². The molecule has 0 bridgehead atoms. The van der Waals surface area contributed by atoms with Crippen LogP contribution in [0.15, 0.2) is 67.0 Å². The summed E-state index contributed by atoms with van der Waals surface area (Å²) in [4.78, 5) is 15.9. The van der Waals surface area contributed by atoms with Gasteiger partial charge in [0.25, 0.3) is 0 Å². The van der Waals surface area contributed by atoms with E-state index in [0.29, 0.717) is 5.69 Å². The van der Waals surface area contributed by atoms with E-state index in [0.717, 1.165) is 23.3 Å². The third kappa shape index (κ3) is 4.92. The molecule has 3 N–H and O–H groups in total. The summed E-state index contributed by atoms with van der Waals surface area (Å²) < 4.78 is 38.7. The molecule has 1 heterocycles. The highest BCUT2D eigenvalue weighted by Crippen LogP contribution is 2.36. The Bertz CT molecular complexity index is 980. The largest absolute Gasteiger partial charge is 0.417 e. The fraction of sp³-hybridized carbons (Fsp3) is 0.0526. The molecule has 1 aromatic heterocycles. The predicted octanol–water partition coefficient (Wildman–Crippen LogP) is 5.57. The lowest BCUT2D eigenvalue weighted by Gasteiger charge is -2.13. The Hall–Kier alpha value is -3.26. The van der Waals surface area contributed by atoms with Crippen molar-refractivity contribution in [3.8, 4) is 11.1 Å². The number of anilines is 2. The van der Waals surface area contributed by atoms with Crippen LogP contribution in [0.3, 0.4) is 0 Å². The molecule has 9 heteroatoms. The molecule has 0 saturated heterocycles. The van der Waals surface area contributed by atoms with Crippen molar-refractivity contribution >= 4 is 29.0 Å². The summed E-state index contributed by atoms with van der Waals surface area (Å²) in [7, 11) is 0. The van der Waals surface area contributed by atoms with Crippen molar-refractivity contribution in [3.63, 3.8) is 0 Å². The van der Waals surface area contributed by atoms with Crippen LogP contribution in [0.25, 0.3) is 11.1 Å². The third-order valence-corrected chi connectivity index (χ3v) is 4.06. The van der Waals surface area contributed by atoms with Crippen LogP contribution in [-0.4, -0.2) is 11.0 Å². The molecule has 0 atom stereocenters. The summed E-state index contributed by atoms with van der Waals surface area (Å²) in [6.07, 6.45) is -1.28. The maximum atomic E-state index is 12.9. The number of hydrogen-bond acceptors (Lipinski definition) is 3. The molecule has 5 nitrogen and oxygen atoms in total. The lowest BCUT2D eigenvalue weighted by molar-refractivity contribution is -0.137. The number of amides is 2. The summed E-state index contributed by atoms with van der Waals surface area (Å²) in [6, 6.07) is 13.3. The molecule has 0 spiro atoms. The van der Waals surface area contributed by atoms with Crippen molar-refractivity contribution < 1.29 is 18.0 Å². The Morgan fingerprint density at radius 3 is 2.39 bits per heavy atom. The number of rotatable bonds is 4. The van der Waals surface area contributed by atoms with Gasteiger partial charge in [-0.1, -0.05) is 23.7 Å². The van der Waals surface area contributed by atoms with Gasteiger partial charge in [-0.15, -0.1) is 0 Å². The van der Waals surface area contributed by atoms with Gasteiger partial charge in [0.15, 0.2) is 0 Å². The van der Waals surface area contributed by atoms with Crippen LogP contribution in [0, 0.1) is 0 Å². The first-order valence-electron chi connectivity index (χ1n) is 8.03. The van der Waals surface area contributed by atoms with Crippen molar-refractivity contribution in [1.29, 1.82) is 0 Å². The smallest absolute Gasteiger partial charge is 0.307 e. The maximum Gasteiger partial charge on any atom is 0.417 e. The fourth-order valence-electron chi connectivity index (χ4n) is 2.43. The second-order valence-corrected chi connectivity index (χ2v) is 6.12. The van der Waals surface area contributed by atoms with Crippen LogP contribution in [0.4, 0.5) is 29.3 Å². The molecule has 0 aliphatic carbocycles. The van der Waals surface area contributed by atoms with Crippen LogP contribution < -0.4 is 16.2 Å². The first-order valence-corrected chi connectivity index (χ1v) is 8.41. The van der Waals surface area contributed by atoms with Gasteiger partial charge < -0.3 is 5.32 Å². The molecule has 0 aliphatic heterocycles. The molecule has 0 unspecified atom stereocenters. The highest BCUT2D eigenvalue weighted by molar-refractivity contribution is 6.31. The summed E-state index contributed by atoms with van der Waals surface area (Å²) in [5, 5.41) is 1.88. The number of nitrogens with one attached hydrogen (secondary N) is 3. The van der Waals surface area contributed by atoms with Crippen molar-refractivity contribution in [3.05, 3.63) is 77.6 Å². The van der Waals surface area contributed by atoms with Gasteiger partial charge in [-0.05, 0) is 53.6 Å². The first kappa shape index (κ1) is 19.5. The van der Waals surface area contributed by atoms with Gasteiger partial charge >= 0.3 is 12.2 Å². The van der Waals surface area contributed by atoms with Crippen LogP contribution in [0.5, 0.6) is 0 Å². The van der Waals surface area contributed by atoms with Crippen molar-refractivity contribution in [1.82, 2.24) is 10.4 Å². The lowest BCUT2D eigenvalue weighted by atomic mass is 10.1. The number of carbonyl (C=O) groups excluding carboxylic acids is 1. The van der Waals surface area contributed by atoms with Gasteiger partial charge in [0.1, 0.15) is 0 Å². The van der Waals surface area contributed by atoms with Crippen molar-refractivity contribution in [2.24, 2.45) is 0 Å². The fourth-order valence-corrected chi connectivity index (χ4v) is 2.66.